The van der Waals surface area contributed by atoms with Crippen LogP contribution in [0.5, 0.6) is 0 Å². The number of nitrogen functional groups attached to an aromatic ring is 1. The lowest BCUT2D eigenvalue weighted by Crippen LogP contribution is -2.55. The van der Waals surface area contributed by atoms with E-state index in [-0.39, 0.29) is 49.8 Å². The molecule has 2 aliphatic heterocycles. The zero-order valence-electron chi connectivity index (χ0n) is 17.6. The summed E-state index contributed by atoms with van der Waals surface area (Å²) in [7, 11) is 0. The molecule has 3 aromatic rings. The molecular weight excluding hydrogens is 443 g/mol. The Morgan fingerprint density at radius 2 is 1.94 bits per heavy atom. The zero-order valence-corrected chi connectivity index (χ0v) is 17.6. The Morgan fingerprint density at radius 1 is 1.15 bits per heavy atom. The molecule has 33 heavy (non-hydrogen) atoms. The lowest BCUT2D eigenvalue weighted by molar-refractivity contribution is -0.152. The van der Waals surface area contributed by atoms with E-state index < -0.39 is 18.8 Å². The van der Waals surface area contributed by atoms with Crippen LogP contribution in [0.2, 0.25) is 0 Å². The van der Waals surface area contributed by atoms with Gasteiger partial charge in [-0.15, -0.1) is 5.10 Å². The number of fused-ring (bicyclic) bond motifs is 1. The molecule has 0 aromatic carbocycles. The van der Waals surface area contributed by atoms with Crippen molar-refractivity contribution in [3.63, 3.8) is 0 Å². The van der Waals surface area contributed by atoms with Gasteiger partial charge in [-0.2, -0.15) is 32.6 Å². The average Bonchev–Trinajstić information content (AvgIpc) is 3.52. The monoisotopic (exact) mass is 465 g/mol. The van der Waals surface area contributed by atoms with Gasteiger partial charge in [-0.05, 0) is 25.0 Å². The quantitative estimate of drug-likeness (QED) is 0.602. The summed E-state index contributed by atoms with van der Waals surface area (Å²) in [6.45, 7) is 0.455. The van der Waals surface area contributed by atoms with Crippen molar-refractivity contribution in [3.05, 3.63) is 18.4 Å². The van der Waals surface area contributed by atoms with Crippen LogP contribution in [0.1, 0.15) is 12.8 Å². The first-order valence-electron chi connectivity index (χ1n) is 10.6. The number of carbonyl (C=O) groups is 1. The Hall–Kier alpha value is -3.42. The third kappa shape index (κ3) is 4.29. The van der Waals surface area contributed by atoms with E-state index >= 15 is 0 Å². The summed E-state index contributed by atoms with van der Waals surface area (Å²) in [6.07, 6.45) is -1.39. The van der Waals surface area contributed by atoms with Crippen molar-refractivity contribution < 1.29 is 22.4 Å². The van der Waals surface area contributed by atoms with Gasteiger partial charge in [0.05, 0.1) is 12.8 Å². The number of hydrogen-bond acceptors (Lipinski definition) is 9. The molecule has 11 nitrogen and oxygen atoms in total. The summed E-state index contributed by atoms with van der Waals surface area (Å²) in [5, 5.41) is 4.27. The van der Waals surface area contributed by atoms with Crippen molar-refractivity contribution in [1.82, 2.24) is 34.4 Å². The van der Waals surface area contributed by atoms with E-state index in [0.29, 0.717) is 24.6 Å². The minimum atomic E-state index is -4.25. The molecule has 0 spiro atoms. The van der Waals surface area contributed by atoms with Gasteiger partial charge in [-0.25, -0.2) is 0 Å². The number of amides is 1. The fourth-order valence-electron chi connectivity index (χ4n) is 4.29. The van der Waals surface area contributed by atoms with Crippen LogP contribution >= 0.6 is 0 Å². The second kappa shape index (κ2) is 8.17. The normalized spacial score (nSPS) is 20.2. The maximum absolute atomic E-state index is 13.2. The van der Waals surface area contributed by atoms with E-state index in [2.05, 4.69) is 20.1 Å². The summed E-state index contributed by atoms with van der Waals surface area (Å²) in [4.78, 5) is 31.0. The molecule has 0 unspecified atom stereocenters. The fourth-order valence-corrected chi connectivity index (χ4v) is 4.29. The van der Waals surface area contributed by atoms with Crippen LogP contribution in [-0.2, 0) is 4.79 Å². The first kappa shape index (κ1) is 21.4. The summed E-state index contributed by atoms with van der Waals surface area (Å²) < 4.78 is 44.5. The van der Waals surface area contributed by atoms with Gasteiger partial charge in [0.2, 0.25) is 23.6 Å². The Bertz CT molecular complexity index is 1140. The van der Waals surface area contributed by atoms with Crippen LogP contribution in [0, 0.1) is 0 Å². The Labute approximate surface area is 186 Å². The molecule has 5 heterocycles. The molecule has 1 atom stereocenters. The number of nitrogens with two attached hydrogens (primary N) is 1. The second-order valence-electron chi connectivity index (χ2n) is 8.07. The summed E-state index contributed by atoms with van der Waals surface area (Å²) in [6, 6.07) is 2.92. The first-order chi connectivity index (χ1) is 15.8. The lowest BCUT2D eigenvalue weighted by Gasteiger charge is -2.37. The number of nitrogens with zero attached hydrogens (tertiary/aromatic N) is 8. The van der Waals surface area contributed by atoms with Crippen molar-refractivity contribution >= 4 is 23.6 Å². The van der Waals surface area contributed by atoms with Crippen LogP contribution in [0.4, 0.5) is 25.1 Å². The van der Waals surface area contributed by atoms with Crippen molar-refractivity contribution in [2.45, 2.75) is 25.1 Å². The van der Waals surface area contributed by atoms with Crippen LogP contribution < -0.4 is 10.6 Å². The van der Waals surface area contributed by atoms with Gasteiger partial charge >= 0.3 is 6.18 Å². The molecule has 3 aromatic heterocycles. The maximum atomic E-state index is 13.2. The van der Waals surface area contributed by atoms with Gasteiger partial charge in [-0.1, -0.05) is 0 Å². The minimum absolute atomic E-state index is 0.0687. The number of aromatic nitrogens is 5. The van der Waals surface area contributed by atoms with Gasteiger partial charge in [0.1, 0.15) is 6.04 Å². The third-order valence-electron chi connectivity index (χ3n) is 5.84. The van der Waals surface area contributed by atoms with E-state index in [4.69, 9.17) is 10.2 Å². The molecule has 0 radical (unpaired) electrons. The number of hydrogen-bond donors (Lipinski definition) is 1. The largest absolute Gasteiger partial charge is 0.461 e. The molecule has 0 saturated carbocycles. The molecular formula is C19H22F3N9O2. The summed E-state index contributed by atoms with van der Waals surface area (Å²) in [5.74, 6) is 1.19. The average molecular weight is 465 g/mol. The topological polar surface area (TPSA) is 122 Å². The van der Waals surface area contributed by atoms with Crippen LogP contribution in [0.3, 0.4) is 0 Å². The molecule has 5 rings (SSSR count). The SMILES string of the molecule is Nc1nc(N2CCC[C@H]2C(=O)N2CCN(CC(F)(F)F)CC2)nc2nc(-c3ccco3)nn12. The predicted octanol–water partition coefficient (Wildman–Crippen LogP) is 1.04. The number of carbonyl (C=O) groups excluding carboxylic acids is 1. The highest BCUT2D eigenvalue weighted by Crippen LogP contribution is 2.26. The molecule has 0 aliphatic carbocycles. The number of anilines is 2. The maximum Gasteiger partial charge on any atom is 0.401 e. The van der Waals surface area contributed by atoms with Crippen molar-refractivity contribution in [2.75, 3.05) is 49.9 Å². The highest BCUT2D eigenvalue weighted by molar-refractivity contribution is 5.85. The van der Waals surface area contributed by atoms with Crippen LogP contribution in [-0.4, -0.2) is 91.8 Å². The Morgan fingerprint density at radius 3 is 2.64 bits per heavy atom. The minimum Gasteiger partial charge on any atom is -0.461 e. The summed E-state index contributed by atoms with van der Waals surface area (Å²) >= 11 is 0. The highest BCUT2D eigenvalue weighted by Gasteiger charge is 2.38. The number of rotatable bonds is 4. The van der Waals surface area contributed by atoms with Crippen LogP contribution in [0.15, 0.2) is 22.8 Å². The van der Waals surface area contributed by atoms with Gasteiger partial charge in [-0.3, -0.25) is 9.69 Å². The van der Waals surface area contributed by atoms with E-state index in [0.717, 1.165) is 6.42 Å². The number of piperazine rings is 1. The standard InChI is InChI=1S/C19H22F3N9O2/c20-19(21,22)11-28-6-8-29(9-7-28)15(32)12-3-1-5-30(12)17-25-16(23)31-18(26-17)24-14(27-31)13-4-2-10-33-13/h2,4,10,12H,1,3,5-9,11H2,(H2,23,24,25,26,27)/t12-/m0/s1. The third-order valence-corrected chi connectivity index (χ3v) is 5.84. The van der Waals surface area contributed by atoms with Gasteiger partial charge in [0.25, 0.3) is 5.78 Å². The molecule has 2 saturated heterocycles. The number of halogens is 3. The molecule has 1 amide bonds. The molecule has 2 fully saturated rings. The lowest BCUT2D eigenvalue weighted by atomic mass is 10.1. The Balaban J connectivity index is 1.33. The van der Waals surface area contributed by atoms with Crippen molar-refractivity contribution in [3.8, 4) is 11.6 Å². The van der Waals surface area contributed by atoms with Crippen molar-refractivity contribution in [1.29, 1.82) is 0 Å². The van der Waals surface area contributed by atoms with E-state index in [1.807, 2.05) is 0 Å². The zero-order chi connectivity index (χ0) is 23.2. The van der Waals surface area contributed by atoms with E-state index in [1.54, 1.807) is 21.9 Å². The van der Waals surface area contributed by atoms with E-state index in [9.17, 15) is 18.0 Å². The molecule has 0 bridgehead atoms. The number of furan rings is 1. The highest BCUT2D eigenvalue weighted by atomic mass is 19.4. The Kier molecular flexibility index (Phi) is 5.31. The second-order valence-corrected chi connectivity index (χ2v) is 8.07. The molecule has 14 heteroatoms. The first-order valence-corrected chi connectivity index (χ1v) is 10.6. The smallest absolute Gasteiger partial charge is 0.401 e. The van der Waals surface area contributed by atoms with Gasteiger partial charge < -0.3 is 20.0 Å². The number of alkyl halides is 3. The van der Waals surface area contributed by atoms with Gasteiger partial charge in [0.15, 0.2) is 5.76 Å². The molecule has 176 valence electrons. The summed E-state index contributed by atoms with van der Waals surface area (Å²) in [5.41, 5.74) is 6.08. The van der Waals surface area contributed by atoms with Gasteiger partial charge in [0, 0.05) is 32.7 Å². The fraction of sp³-hybridized carbons (Fsp3) is 0.526. The predicted molar refractivity (Wildman–Crippen MR) is 110 cm³/mol. The van der Waals surface area contributed by atoms with Crippen LogP contribution in [0.25, 0.3) is 17.4 Å². The van der Waals surface area contributed by atoms with E-state index in [1.165, 1.54) is 15.7 Å². The van der Waals surface area contributed by atoms with Crippen molar-refractivity contribution in [2.24, 2.45) is 0 Å². The molecule has 2 aliphatic rings. The molecule has 2 N–H and O–H groups in total.